The molecule has 3 saturated heterocycles. The number of amides is 2. The zero-order valence-corrected chi connectivity index (χ0v) is 30.4. The zero-order valence-electron chi connectivity index (χ0n) is 29.6. The van der Waals surface area contributed by atoms with Crippen LogP contribution >= 0.6 is 11.3 Å². The summed E-state index contributed by atoms with van der Waals surface area (Å²) in [5, 5.41) is 10.5. The quantitative estimate of drug-likeness (QED) is 0.230. The van der Waals surface area contributed by atoms with Gasteiger partial charge in [0.2, 0.25) is 5.60 Å². The molecule has 0 aliphatic carbocycles. The van der Waals surface area contributed by atoms with Crippen molar-refractivity contribution in [2.24, 2.45) is 0 Å². The number of halogens is 6. The lowest BCUT2D eigenvalue weighted by Crippen LogP contribution is -2.69. The van der Waals surface area contributed by atoms with Gasteiger partial charge in [-0.2, -0.15) is 26.3 Å². The fourth-order valence-corrected chi connectivity index (χ4v) is 8.41. The molecule has 3 aliphatic heterocycles. The van der Waals surface area contributed by atoms with Crippen molar-refractivity contribution in [1.29, 1.82) is 0 Å². The van der Waals surface area contributed by atoms with Gasteiger partial charge in [-0.05, 0) is 57.0 Å². The Kier molecular flexibility index (Phi) is 12.3. The third kappa shape index (κ3) is 8.73. The Bertz CT molecular complexity index is 1740. The number of benzene rings is 1. The molecule has 10 nitrogen and oxygen atoms in total. The van der Waals surface area contributed by atoms with Gasteiger partial charge >= 0.3 is 12.4 Å². The molecular weight excluding hydrogens is 740 g/mol. The topological polar surface area (TPSA) is 98.7 Å². The molecule has 1 aromatic carbocycles. The van der Waals surface area contributed by atoms with Crippen LogP contribution in [0, 0.1) is 0 Å². The summed E-state index contributed by atoms with van der Waals surface area (Å²) in [6.07, 6.45) is -4.52. The summed E-state index contributed by atoms with van der Waals surface area (Å²) in [5.41, 5.74) is -3.01. The van der Waals surface area contributed by atoms with Crippen LogP contribution < -0.4 is 14.4 Å². The van der Waals surface area contributed by atoms with Crippen LogP contribution in [0.3, 0.4) is 0 Å². The van der Waals surface area contributed by atoms with Crippen molar-refractivity contribution in [2.45, 2.75) is 62.5 Å². The number of piperidine rings is 2. The number of aliphatic hydroxyl groups is 1. The molecule has 6 rings (SSSR count). The zero-order chi connectivity index (χ0) is 38.5. The normalized spacial score (nSPS) is 21.6. The molecular formula is C37H43F6N5O5S. The number of piperazine rings is 1. The summed E-state index contributed by atoms with van der Waals surface area (Å²) in [7, 11) is 0. The number of likely N-dealkylation sites (tertiary alicyclic amines) is 2. The van der Waals surface area contributed by atoms with Crippen LogP contribution in [0.5, 0.6) is 11.5 Å². The molecule has 2 atom stereocenters. The minimum absolute atomic E-state index is 0.00389. The van der Waals surface area contributed by atoms with Crippen molar-refractivity contribution in [3.63, 3.8) is 0 Å². The lowest BCUT2D eigenvalue weighted by molar-refractivity contribution is -0.160. The summed E-state index contributed by atoms with van der Waals surface area (Å²) < 4.78 is 96.2. The first-order valence-corrected chi connectivity index (χ1v) is 19.0. The maximum absolute atomic E-state index is 15.1. The smallest absolute Gasteiger partial charge is 0.425 e. The van der Waals surface area contributed by atoms with Crippen molar-refractivity contribution in [2.75, 3.05) is 70.5 Å². The lowest BCUT2D eigenvalue weighted by atomic mass is 9.80. The van der Waals surface area contributed by atoms with E-state index in [0.29, 0.717) is 36.7 Å². The second-order valence-electron chi connectivity index (χ2n) is 13.7. The number of rotatable bonds is 11. The Morgan fingerprint density at radius 3 is 2.35 bits per heavy atom. The van der Waals surface area contributed by atoms with Crippen molar-refractivity contribution < 1.29 is 50.5 Å². The molecule has 0 spiro atoms. The van der Waals surface area contributed by atoms with Crippen LogP contribution in [0.4, 0.5) is 32.0 Å². The number of hydrogen-bond acceptors (Lipinski definition) is 9. The average Bonchev–Trinajstić information content (AvgIpc) is 3.65. The van der Waals surface area contributed by atoms with E-state index in [1.807, 2.05) is 17.0 Å². The summed E-state index contributed by atoms with van der Waals surface area (Å²) in [4.78, 5) is 39.3. The molecule has 0 unspecified atom stereocenters. The van der Waals surface area contributed by atoms with Gasteiger partial charge in [0, 0.05) is 69.5 Å². The number of alkyl halides is 6. The van der Waals surface area contributed by atoms with Gasteiger partial charge in [-0.25, -0.2) is 0 Å². The highest BCUT2D eigenvalue weighted by atomic mass is 32.1. The summed E-state index contributed by atoms with van der Waals surface area (Å²) >= 11 is 0.411. The van der Waals surface area contributed by atoms with E-state index in [1.165, 1.54) is 10.3 Å². The molecule has 294 valence electrons. The number of pyridine rings is 1. The van der Waals surface area contributed by atoms with E-state index < -0.39 is 51.8 Å². The van der Waals surface area contributed by atoms with E-state index in [-0.39, 0.29) is 57.9 Å². The monoisotopic (exact) mass is 783 g/mol. The predicted octanol–water partition coefficient (Wildman–Crippen LogP) is 6.20. The minimum Gasteiger partial charge on any atom is -0.489 e. The first kappa shape index (κ1) is 39.6. The summed E-state index contributed by atoms with van der Waals surface area (Å²) in [6, 6.07) is 7.69. The Hall–Kier alpha value is -4.09. The van der Waals surface area contributed by atoms with Crippen LogP contribution in [-0.4, -0.2) is 114 Å². The Morgan fingerprint density at radius 2 is 1.67 bits per heavy atom. The fraction of sp³-hybridized carbons (Fsp3) is 0.541. The van der Waals surface area contributed by atoms with Crippen molar-refractivity contribution in [1.82, 2.24) is 19.7 Å². The van der Waals surface area contributed by atoms with E-state index in [4.69, 9.17) is 9.47 Å². The Morgan fingerprint density at radius 1 is 0.926 bits per heavy atom. The summed E-state index contributed by atoms with van der Waals surface area (Å²) in [6.45, 7) is 2.89. The molecule has 0 bridgehead atoms. The van der Waals surface area contributed by atoms with Gasteiger partial charge < -0.3 is 34.2 Å². The minimum atomic E-state index is -4.87. The van der Waals surface area contributed by atoms with Gasteiger partial charge in [0.15, 0.2) is 0 Å². The van der Waals surface area contributed by atoms with E-state index in [9.17, 15) is 36.2 Å². The molecule has 0 saturated carbocycles. The largest absolute Gasteiger partial charge is 0.489 e. The lowest BCUT2D eigenvalue weighted by Gasteiger charge is -2.51. The molecule has 3 aromatic rings. The molecule has 17 heteroatoms. The average molecular weight is 784 g/mol. The van der Waals surface area contributed by atoms with E-state index >= 15 is 4.79 Å². The maximum Gasteiger partial charge on any atom is 0.425 e. The number of carbonyl (C=O) groups is 2. The Labute approximate surface area is 313 Å². The number of anilines is 1. The first-order chi connectivity index (χ1) is 25.8. The number of para-hydroxylation sites is 2. The maximum atomic E-state index is 15.1. The third-order valence-corrected chi connectivity index (χ3v) is 11.2. The van der Waals surface area contributed by atoms with Crippen molar-refractivity contribution in [3.05, 3.63) is 70.2 Å². The highest BCUT2D eigenvalue weighted by Crippen LogP contribution is 2.43. The molecule has 54 heavy (non-hydrogen) atoms. The molecule has 2 amide bonds. The molecule has 1 N–H and O–H groups in total. The molecule has 2 aromatic heterocycles. The van der Waals surface area contributed by atoms with Crippen molar-refractivity contribution >= 4 is 28.8 Å². The second-order valence-corrected chi connectivity index (χ2v) is 14.6. The second kappa shape index (κ2) is 16.7. The van der Waals surface area contributed by atoms with Crippen LogP contribution in [0.15, 0.2) is 54.2 Å². The SMILES string of the molecule is O=C(c1cnccc1C(F)(F)F)N1CCC[C@@](Oc2csc(C(F)(F)F)c2)(C(=O)N2CCN(c3ccccc3OCCO)CC2)[C@H]1CCN1CCCCC1. The number of nitrogens with zero attached hydrogens (tertiary/aromatic N) is 5. The number of aliphatic hydroxyl groups excluding tert-OH is 1. The predicted molar refractivity (Wildman–Crippen MR) is 189 cm³/mol. The van der Waals surface area contributed by atoms with Crippen LogP contribution in [0.25, 0.3) is 0 Å². The molecule has 5 heterocycles. The number of thiophene rings is 1. The number of ether oxygens (including phenoxy) is 2. The van der Waals surface area contributed by atoms with Gasteiger partial charge in [-0.3, -0.25) is 14.6 Å². The van der Waals surface area contributed by atoms with Gasteiger partial charge in [0.25, 0.3) is 11.8 Å². The highest BCUT2D eigenvalue weighted by Gasteiger charge is 2.56. The molecule has 3 aliphatic rings. The fourth-order valence-electron chi connectivity index (χ4n) is 7.73. The van der Waals surface area contributed by atoms with Crippen molar-refractivity contribution in [3.8, 4) is 11.5 Å². The summed E-state index contributed by atoms with van der Waals surface area (Å²) in [5.74, 6) is -1.18. The first-order valence-electron chi connectivity index (χ1n) is 18.1. The van der Waals surface area contributed by atoms with Crippen LogP contribution in [-0.2, 0) is 17.1 Å². The third-order valence-electron chi connectivity index (χ3n) is 10.3. The number of hydrogen-bond donors (Lipinski definition) is 1. The Balaban J connectivity index is 1.37. The highest BCUT2D eigenvalue weighted by molar-refractivity contribution is 7.10. The molecule has 0 radical (unpaired) electrons. The number of carbonyl (C=O) groups excluding carboxylic acids is 2. The van der Waals surface area contributed by atoms with Gasteiger partial charge in [0.05, 0.1) is 29.5 Å². The molecule has 3 fully saturated rings. The van der Waals surface area contributed by atoms with Gasteiger partial charge in [-0.1, -0.05) is 18.6 Å². The standard InChI is InChI=1S/C37H43F6N5O5S/c38-36(39,40)28-9-12-44-24-27(28)33(50)48-15-6-11-35(31(48)10-16-45-13-4-1-5-14-45,53-26-23-32(54-25-26)37(41,42)43)34(51)47-19-17-46(18-20-47)29-7-2-3-8-30(29)52-22-21-49/h2-3,7-9,12,23-25,31,49H,1,4-6,10-11,13-22H2/t31-,35+/m1/s1. The van der Waals surface area contributed by atoms with Crippen LogP contribution in [0.1, 0.15) is 59.3 Å². The van der Waals surface area contributed by atoms with Gasteiger partial charge in [0.1, 0.15) is 23.0 Å². The number of aromatic nitrogens is 1. The van der Waals surface area contributed by atoms with E-state index in [1.54, 1.807) is 17.0 Å². The van der Waals surface area contributed by atoms with Crippen LogP contribution in [0.2, 0.25) is 0 Å². The van der Waals surface area contributed by atoms with E-state index in [2.05, 4.69) is 9.88 Å². The van der Waals surface area contributed by atoms with Gasteiger partial charge in [-0.15, -0.1) is 11.3 Å². The van der Waals surface area contributed by atoms with E-state index in [0.717, 1.165) is 62.6 Å².